The van der Waals surface area contributed by atoms with Crippen LogP contribution in [0.1, 0.15) is 143 Å². The average Bonchev–Trinajstić information content (AvgIpc) is 3.21. The van der Waals surface area contributed by atoms with Crippen molar-refractivity contribution in [2.75, 3.05) is 65.9 Å². The zero-order chi connectivity index (χ0) is 41.9. The number of nitrogens with one attached hydrogen (secondary N) is 2. The molecule has 2 aromatic carbocycles. The van der Waals surface area contributed by atoms with Gasteiger partial charge in [0.2, 0.25) is 11.8 Å². The number of ether oxygens (including phenoxy) is 4. The van der Waals surface area contributed by atoms with E-state index in [9.17, 15) is 14.4 Å². The van der Waals surface area contributed by atoms with Gasteiger partial charge in [-0.05, 0) is 144 Å². The summed E-state index contributed by atoms with van der Waals surface area (Å²) in [6.07, 6.45) is 19.0. The molecule has 0 radical (unpaired) electrons. The summed E-state index contributed by atoms with van der Waals surface area (Å²) in [5.74, 6) is 0.120. The third kappa shape index (κ3) is 26.8. The van der Waals surface area contributed by atoms with E-state index < -0.39 is 6.04 Å². The summed E-state index contributed by atoms with van der Waals surface area (Å²) >= 11 is 0. The standard InChI is InChI=1S/C48H79N3O7.2H2/c1-4-44-38-42(23-26-46(44)45-24-21-43(22-25-45)39-47(49)40(2)52)20-10-5-11-29-51-48(54)27-37-58-36-19-9-18-35-57-34-17-8-16-33-56-32-15-7-14-31-55-30-13-6-12-28-50-41(3)53;;/h21-26,38,47H,4-20,27-37,39,49H2,1-3H3,(H,50,53)(H,51,54);2*1H/t47-;;/m0../s1. The molecule has 0 heterocycles. The van der Waals surface area contributed by atoms with Crippen LogP contribution < -0.4 is 16.4 Å². The number of amides is 2. The third-order valence-corrected chi connectivity index (χ3v) is 10.3. The normalized spacial score (nSPS) is 11.8. The van der Waals surface area contributed by atoms with Crippen LogP contribution >= 0.6 is 0 Å². The second kappa shape index (κ2) is 34.7. The van der Waals surface area contributed by atoms with E-state index in [1.165, 1.54) is 22.3 Å². The molecule has 4 N–H and O–H groups in total. The van der Waals surface area contributed by atoms with Gasteiger partial charge in [-0.2, -0.15) is 0 Å². The Morgan fingerprint density at radius 2 is 1.05 bits per heavy atom. The summed E-state index contributed by atoms with van der Waals surface area (Å²) in [6, 6.07) is 14.8. The minimum Gasteiger partial charge on any atom is -0.381 e. The van der Waals surface area contributed by atoms with Crippen LogP contribution in [-0.4, -0.2) is 89.6 Å². The van der Waals surface area contributed by atoms with Gasteiger partial charge in [-0.3, -0.25) is 14.4 Å². The highest BCUT2D eigenvalue weighted by Gasteiger charge is 2.11. The Bertz CT molecular complexity index is 1370. The zero-order valence-electron chi connectivity index (χ0n) is 36.6. The molecule has 2 amide bonds. The molecule has 0 saturated carbocycles. The summed E-state index contributed by atoms with van der Waals surface area (Å²) in [6.45, 7) is 12.8. The van der Waals surface area contributed by atoms with Crippen molar-refractivity contribution in [3.8, 4) is 11.1 Å². The topological polar surface area (TPSA) is 138 Å². The van der Waals surface area contributed by atoms with Gasteiger partial charge in [0.15, 0.2) is 0 Å². The Morgan fingerprint density at radius 1 is 0.586 bits per heavy atom. The lowest BCUT2D eigenvalue weighted by Gasteiger charge is -2.13. The fourth-order valence-corrected chi connectivity index (χ4v) is 6.64. The fraction of sp³-hybridized carbons (Fsp3) is 0.688. The van der Waals surface area contributed by atoms with Crippen LogP contribution in [0.15, 0.2) is 42.5 Å². The van der Waals surface area contributed by atoms with Gasteiger partial charge in [0.05, 0.1) is 12.6 Å². The quantitative estimate of drug-likeness (QED) is 0.0572. The van der Waals surface area contributed by atoms with Gasteiger partial charge in [-0.25, -0.2) is 0 Å². The van der Waals surface area contributed by atoms with E-state index in [1.54, 1.807) is 13.8 Å². The van der Waals surface area contributed by atoms with Crippen molar-refractivity contribution in [1.29, 1.82) is 0 Å². The van der Waals surface area contributed by atoms with Crippen LogP contribution in [0, 0.1) is 0 Å². The molecule has 332 valence electrons. The second-order valence-corrected chi connectivity index (χ2v) is 15.5. The Balaban J connectivity index is 0.0000174. The second-order valence-electron chi connectivity index (χ2n) is 15.5. The van der Waals surface area contributed by atoms with Crippen LogP contribution in [0.4, 0.5) is 0 Å². The Labute approximate surface area is 354 Å². The molecule has 1 atom stereocenters. The van der Waals surface area contributed by atoms with Gasteiger partial charge in [0.1, 0.15) is 5.78 Å². The minimum atomic E-state index is -0.445. The Hall–Kier alpha value is -3.15. The Morgan fingerprint density at radius 3 is 1.55 bits per heavy atom. The van der Waals surface area contributed by atoms with E-state index in [-0.39, 0.29) is 20.5 Å². The van der Waals surface area contributed by atoms with Crippen LogP contribution in [-0.2, 0) is 52.6 Å². The molecule has 0 aliphatic rings. The first kappa shape index (κ1) is 51.0. The average molecular weight is 814 g/mol. The van der Waals surface area contributed by atoms with E-state index in [1.807, 2.05) is 0 Å². The number of carbonyl (C=O) groups excluding carboxylic acids is 3. The van der Waals surface area contributed by atoms with Crippen molar-refractivity contribution in [2.45, 2.75) is 149 Å². The van der Waals surface area contributed by atoms with Crippen molar-refractivity contribution in [1.82, 2.24) is 10.6 Å². The first-order valence-electron chi connectivity index (χ1n) is 22.6. The van der Waals surface area contributed by atoms with Gasteiger partial charge >= 0.3 is 0 Å². The number of carbonyl (C=O) groups is 3. The van der Waals surface area contributed by atoms with Gasteiger partial charge in [-0.1, -0.05) is 55.8 Å². The summed E-state index contributed by atoms with van der Waals surface area (Å²) in [5, 5.41) is 5.86. The summed E-state index contributed by atoms with van der Waals surface area (Å²) in [4.78, 5) is 34.5. The third-order valence-electron chi connectivity index (χ3n) is 10.3. The number of unbranched alkanes of at least 4 members (excludes halogenated alkanes) is 10. The van der Waals surface area contributed by atoms with Gasteiger partial charge in [0, 0.05) is 75.5 Å². The lowest BCUT2D eigenvalue weighted by atomic mass is 9.93. The van der Waals surface area contributed by atoms with Crippen LogP contribution in [0.3, 0.4) is 0 Å². The highest BCUT2D eigenvalue weighted by molar-refractivity contribution is 5.81. The number of aryl methyl sites for hydroxylation is 2. The van der Waals surface area contributed by atoms with Gasteiger partial charge in [0.25, 0.3) is 0 Å². The molecule has 0 fully saturated rings. The molecule has 0 bridgehead atoms. The fourth-order valence-electron chi connectivity index (χ4n) is 6.64. The van der Waals surface area contributed by atoms with Crippen molar-refractivity contribution < 1.29 is 36.2 Å². The maximum atomic E-state index is 12.2. The smallest absolute Gasteiger partial charge is 0.222 e. The lowest BCUT2D eigenvalue weighted by Crippen LogP contribution is -2.30. The predicted octanol–water partition coefficient (Wildman–Crippen LogP) is 8.97. The van der Waals surface area contributed by atoms with E-state index in [2.05, 4.69) is 60.0 Å². The largest absolute Gasteiger partial charge is 0.381 e. The molecule has 0 spiro atoms. The molecule has 0 saturated heterocycles. The molecule has 58 heavy (non-hydrogen) atoms. The molecule has 0 aliphatic carbocycles. The monoisotopic (exact) mass is 814 g/mol. The highest BCUT2D eigenvalue weighted by Crippen LogP contribution is 2.27. The van der Waals surface area contributed by atoms with Gasteiger partial charge in [-0.15, -0.1) is 0 Å². The molecule has 0 aliphatic heterocycles. The maximum absolute atomic E-state index is 12.2. The van der Waals surface area contributed by atoms with Crippen LogP contribution in [0.2, 0.25) is 0 Å². The number of ketones is 1. The number of nitrogens with two attached hydrogens (primary N) is 1. The molecular weight excluding hydrogens is 731 g/mol. The maximum Gasteiger partial charge on any atom is 0.222 e. The van der Waals surface area contributed by atoms with Crippen molar-refractivity contribution >= 4 is 17.6 Å². The SMILES string of the molecule is CCc1cc(CCCCCNC(=O)CCOCCCCCOCCCCCOCCCCCOCCCCCNC(C)=O)ccc1-c1ccc(C[C@H](N)C(C)=O)cc1.[HH].[HH]. The van der Waals surface area contributed by atoms with Crippen molar-refractivity contribution in [2.24, 2.45) is 5.73 Å². The number of hydrogen-bond acceptors (Lipinski definition) is 8. The van der Waals surface area contributed by atoms with E-state index in [4.69, 9.17) is 24.7 Å². The first-order valence-corrected chi connectivity index (χ1v) is 22.6. The van der Waals surface area contributed by atoms with Gasteiger partial charge < -0.3 is 35.3 Å². The minimum absolute atomic E-state index is 0. The lowest BCUT2D eigenvalue weighted by molar-refractivity contribution is -0.122. The van der Waals surface area contributed by atoms with E-state index in [0.717, 1.165) is 161 Å². The molecule has 2 rings (SSSR count). The molecular formula is C48H83N3O7. The molecule has 10 heteroatoms. The van der Waals surface area contributed by atoms with E-state index >= 15 is 0 Å². The number of benzene rings is 2. The Kier molecular flexibility index (Phi) is 30.5. The molecule has 10 nitrogen and oxygen atoms in total. The van der Waals surface area contributed by atoms with Crippen molar-refractivity contribution in [3.05, 3.63) is 59.2 Å². The van der Waals surface area contributed by atoms with Crippen LogP contribution in [0.5, 0.6) is 0 Å². The molecule has 0 unspecified atom stereocenters. The number of hydrogen-bond donors (Lipinski definition) is 3. The number of Topliss-reactive ketones (excluding diaryl/α,β-unsaturated/α-hetero) is 1. The highest BCUT2D eigenvalue weighted by atomic mass is 16.5. The van der Waals surface area contributed by atoms with Crippen molar-refractivity contribution in [3.63, 3.8) is 0 Å². The zero-order valence-corrected chi connectivity index (χ0v) is 36.6. The number of rotatable bonds is 38. The predicted molar refractivity (Wildman–Crippen MR) is 240 cm³/mol. The first-order chi connectivity index (χ1) is 28.3. The summed E-state index contributed by atoms with van der Waals surface area (Å²) in [5.41, 5.74) is 12.2. The summed E-state index contributed by atoms with van der Waals surface area (Å²) in [7, 11) is 0. The molecule has 0 aromatic heterocycles. The van der Waals surface area contributed by atoms with E-state index in [0.29, 0.717) is 32.6 Å². The summed E-state index contributed by atoms with van der Waals surface area (Å²) < 4.78 is 22.9. The van der Waals surface area contributed by atoms with Crippen LogP contribution in [0.25, 0.3) is 11.1 Å². The molecule has 2 aromatic rings.